The molecule has 0 saturated carbocycles. The van der Waals surface area contributed by atoms with Gasteiger partial charge >= 0.3 is 5.97 Å². The summed E-state index contributed by atoms with van der Waals surface area (Å²) in [6, 6.07) is -0.482. The molecule has 0 saturated heterocycles. The number of rotatable bonds is 18. The van der Waals surface area contributed by atoms with Gasteiger partial charge in [0.2, 0.25) is 0 Å². The molecule has 0 aliphatic carbocycles. The lowest BCUT2D eigenvalue weighted by Crippen LogP contribution is -2.34. The van der Waals surface area contributed by atoms with Crippen molar-refractivity contribution < 1.29 is 9.53 Å². The molecule has 0 spiro atoms. The maximum absolute atomic E-state index is 11.4. The molecule has 0 aromatic carbocycles. The van der Waals surface area contributed by atoms with Crippen LogP contribution in [0.25, 0.3) is 0 Å². The number of esters is 1. The predicted molar refractivity (Wildman–Crippen MR) is 111 cm³/mol. The summed E-state index contributed by atoms with van der Waals surface area (Å²) >= 11 is 0. The molecule has 3 nitrogen and oxygen atoms in total. The first-order valence-corrected chi connectivity index (χ1v) is 12.4. The van der Waals surface area contributed by atoms with Crippen LogP contribution < -0.4 is 5.73 Å². The SMILES string of the molecule is CCCCCCCCCCCCCCSSC[C@H](N)C(=O)OCC. The van der Waals surface area contributed by atoms with Gasteiger partial charge in [-0.15, -0.1) is 0 Å². The van der Waals surface area contributed by atoms with E-state index in [1.54, 1.807) is 17.7 Å². The van der Waals surface area contributed by atoms with Crippen molar-refractivity contribution in [3.63, 3.8) is 0 Å². The van der Waals surface area contributed by atoms with Crippen molar-refractivity contribution in [1.82, 2.24) is 0 Å². The van der Waals surface area contributed by atoms with Crippen LogP contribution in [-0.2, 0) is 9.53 Å². The first kappa shape index (κ1) is 24.1. The van der Waals surface area contributed by atoms with Gasteiger partial charge in [-0.05, 0) is 13.3 Å². The van der Waals surface area contributed by atoms with Crippen LogP contribution in [0.1, 0.15) is 90.9 Å². The average Bonchev–Trinajstić information content (AvgIpc) is 2.58. The zero-order chi connectivity index (χ0) is 17.9. The fraction of sp³-hybridized carbons (Fsp3) is 0.947. The molecule has 1 atom stereocenters. The smallest absolute Gasteiger partial charge is 0.323 e. The lowest BCUT2D eigenvalue weighted by Gasteiger charge is -2.09. The van der Waals surface area contributed by atoms with Gasteiger partial charge < -0.3 is 10.5 Å². The van der Waals surface area contributed by atoms with Gasteiger partial charge in [-0.25, -0.2) is 0 Å². The number of hydrogen-bond donors (Lipinski definition) is 1. The highest BCUT2D eigenvalue weighted by atomic mass is 33.1. The van der Waals surface area contributed by atoms with E-state index in [4.69, 9.17) is 10.5 Å². The first-order chi connectivity index (χ1) is 11.7. The normalized spacial score (nSPS) is 12.3. The maximum atomic E-state index is 11.4. The molecule has 0 aliphatic rings. The minimum absolute atomic E-state index is 0.282. The summed E-state index contributed by atoms with van der Waals surface area (Å²) in [7, 11) is 3.52. The summed E-state index contributed by atoms with van der Waals surface area (Å²) in [4.78, 5) is 11.4. The molecule has 24 heavy (non-hydrogen) atoms. The fourth-order valence-corrected chi connectivity index (χ4v) is 4.75. The van der Waals surface area contributed by atoms with E-state index in [0.29, 0.717) is 12.4 Å². The first-order valence-electron chi connectivity index (χ1n) is 9.89. The highest BCUT2D eigenvalue weighted by Gasteiger charge is 2.14. The third-order valence-electron chi connectivity index (χ3n) is 4.00. The molecular formula is C19H39NO2S2. The molecule has 0 unspecified atom stereocenters. The van der Waals surface area contributed by atoms with E-state index in [9.17, 15) is 4.79 Å². The Kier molecular flexibility index (Phi) is 19.6. The van der Waals surface area contributed by atoms with Gasteiger partial charge in [0.1, 0.15) is 6.04 Å². The van der Waals surface area contributed by atoms with Crippen LogP contribution in [0.2, 0.25) is 0 Å². The summed E-state index contributed by atoms with van der Waals surface area (Å²) in [6.07, 6.45) is 16.6. The zero-order valence-corrected chi connectivity index (χ0v) is 17.5. The molecule has 0 heterocycles. The number of unbranched alkanes of at least 4 members (excludes halogenated alkanes) is 11. The van der Waals surface area contributed by atoms with Crippen molar-refractivity contribution in [3.8, 4) is 0 Å². The van der Waals surface area contributed by atoms with E-state index < -0.39 is 6.04 Å². The predicted octanol–water partition coefficient (Wildman–Crippen LogP) is 5.96. The number of carbonyl (C=O) groups is 1. The topological polar surface area (TPSA) is 52.3 Å². The Hall–Kier alpha value is 0.130. The molecule has 0 fully saturated rings. The van der Waals surface area contributed by atoms with E-state index in [0.717, 1.165) is 5.75 Å². The Morgan fingerprint density at radius 2 is 1.33 bits per heavy atom. The third-order valence-corrected chi connectivity index (χ3v) is 6.53. The minimum atomic E-state index is -0.482. The average molecular weight is 378 g/mol. The van der Waals surface area contributed by atoms with E-state index >= 15 is 0 Å². The number of hydrogen-bond acceptors (Lipinski definition) is 5. The molecule has 0 radical (unpaired) electrons. The van der Waals surface area contributed by atoms with Crippen LogP contribution in [0.4, 0.5) is 0 Å². The van der Waals surface area contributed by atoms with Crippen LogP contribution in [0.3, 0.4) is 0 Å². The van der Waals surface area contributed by atoms with E-state index in [2.05, 4.69) is 6.92 Å². The van der Waals surface area contributed by atoms with Crippen LogP contribution in [0, 0.1) is 0 Å². The standard InChI is InChI=1S/C19H39NO2S2/c1-3-5-6-7-8-9-10-11-12-13-14-15-16-23-24-17-18(20)19(21)22-4-2/h18H,3-17,20H2,1-2H3/t18-/m0/s1. The second-order valence-electron chi connectivity index (χ2n) is 6.35. The van der Waals surface area contributed by atoms with Crippen LogP contribution in [0.15, 0.2) is 0 Å². The Labute approximate surface area is 158 Å². The zero-order valence-electron chi connectivity index (χ0n) is 15.9. The Morgan fingerprint density at radius 3 is 1.83 bits per heavy atom. The molecule has 0 bridgehead atoms. The van der Waals surface area contributed by atoms with Gasteiger partial charge in [0.25, 0.3) is 0 Å². The lowest BCUT2D eigenvalue weighted by atomic mass is 10.1. The Bertz CT molecular complexity index is 278. The maximum Gasteiger partial charge on any atom is 0.323 e. The second-order valence-corrected chi connectivity index (χ2v) is 8.98. The monoisotopic (exact) mass is 377 g/mol. The molecule has 0 aromatic rings. The Balaban J connectivity index is 3.14. The van der Waals surface area contributed by atoms with Gasteiger partial charge in [-0.1, -0.05) is 99.1 Å². The van der Waals surface area contributed by atoms with E-state index in [1.807, 2.05) is 10.8 Å². The van der Waals surface area contributed by atoms with Gasteiger partial charge in [0.05, 0.1) is 6.61 Å². The van der Waals surface area contributed by atoms with Crippen molar-refractivity contribution in [2.75, 3.05) is 18.1 Å². The van der Waals surface area contributed by atoms with Crippen LogP contribution in [-0.4, -0.2) is 30.1 Å². The summed E-state index contributed by atoms with van der Waals surface area (Å²) in [5.41, 5.74) is 5.75. The lowest BCUT2D eigenvalue weighted by molar-refractivity contribution is -0.144. The molecule has 0 aromatic heterocycles. The third kappa shape index (κ3) is 17.0. The van der Waals surface area contributed by atoms with Crippen molar-refractivity contribution in [1.29, 1.82) is 0 Å². The van der Waals surface area contributed by atoms with Gasteiger partial charge in [-0.2, -0.15) is 0 Å². The molecule has 0 amide bonds. The van der Waals surface area contributed by atoms with Gasteiger partial charge in [0, 0.05) is 11.5 Å². The molecule has 0 aliphatic heterocycles. The van der Waals surface area contributed by atoms with Gasteiger partial charge in [0.15, 0.2) is 0 Å². The molecule has 2 N–H and O–H groups in total. The summed E-state index contributed by atoms with van der Waals surface area (Å²) in [5.74, 6) is 1.51. The van der Waals surface area contributed by atoms with Crippen molar-refractivity contribution in [3.05, 3.63) is 0 Å². The molecule has 144 valence electrons. The highest BCUT2D eigenvalue weighted by Crippen LogP contribution is 2.23. The Morgan fingerprint density at radius 1 is 0.833 bits per heavy atom. The van der Waals surface area contributed by atoms with Crippen molar-refractivity contribution >= 4 is 27.6 Å². The van der Waals surface area contributed by atoms with Crippen molar-refractivity contribution in [2.24, 2.45) is 5.73 Å². The van der Waals surface area contributed by atoms with Gasteiger partial charge in [-0.3, -0.25) is 4.79 Å². The van der Waals surface area contributed by atoms with E-state index in [-0.39, 0.29) is 5.97 Å². The molecular weight excluding hydrogens is 338 g/mol. The summed E-state index contributed by atoms with van der Waals surface area (Å²) in [5, 5.41) is 0. The quantitative estimate of drug-likeness (QED) is 0.181. The van der Waals surface area contributed by atoms with Crippen LogP contribution in [0.5, 0.6) is 0 Å². The fourth-order valence-electron chi connectivity index (χ4n) is 2.50. The van der Waals surface area contributed by atoms with E-state index in [1.165, 1.54) is 77.0 Å². The summed E-state index contributed by atoms with van der Waals surface area (Å²) < 4.78 is 4.89. The minimum Gasteiger partial charge on any atom is -0.465 e. The largest absolute Gasteiger partial charge is 0.465 e. The number of carbonyl (C=O) groups excluding carboxylic acids is 1. The molecule has 0 rings (SSSR count). The molecule has 5 heteroatoms. The number of ether oxygens (including phenoxy) is 1. The van der Waals surface area contributed by atoms with Crippen molar-refractivity contribution in [2.45, 2.75) is 96.9 Å². The number of nitrogens with two attached hydrogens (primary N) is 1. The van der Waals surface area contributed by atoms with Crippen LogP contribution >= 0.6 is 21.6 Å². The summed E-state index contributed by atoms with van der Waals surface area (Å²) in [6.45, 7) is 4.49. The second kappa shape index (κ2) is 19.5. The highest BCUT2D eigenvalue weighted by molar-refractivity contribution is 8.76.